The Hall–Kier alpha value is -2.43. The summed E-state index contributed by atoms with van der Waals surface area (Å²) in [5.74, 6) is 0.859. The first-order valence-corrected chi connectivity index (χ1v) is 10.7. The minimum atomic E-state index is 0.0159. The van der Waals surface area contributed by atoms with Crippen molar-refractivity contribution in [3.8, 4) is 0 Å². The number of pyridine rings is 1. The van der Waals surface area contributed by atoms with Gasteiger partial charge >= 0.3 is 0 Å². The molecule has 28 heavy (non-hydrogen) atoms. The van der Waals surface area contributed by atoms with E-state index in [1.807, 2.05) is 37.1 Å². The van der Waals surface area contributed by atoms with Crippen molar-refractivity contribution in [2.24, 2.45) is 0 Å². The molecule has 5 rings (SSSR count). The maximum absolute atomic E-state index is 12.9. The zero-order valence-corrected chi connectivity index (χ0v) is 17.0. The predicted octanol–water partition coefficient (Wildman–Crippen LogP) is 2.95. The van der Waals surface area contributed by atoms with Gasteiger partial charge in [-0.25, -0.2) is 0 Å². The normalized spacial score (nSPS) is 23.2. The smallest absolute Gasteiger partial charge is 0.252 e. The lowest BCUT2D eigenvalue weighted by molar-refractivity contribution is -0.123. The molecule has 1 amide bonds. The number of fused-ring (bicyclic) bond motifs is 2. The number of piperazine rings is 1. The molecule has 2 unspecified atom stereocenters. The third kappa shape index (κ3) is 3.07. The molecule has 3 aliphatic rings. The Balaban J connectivity index is 1.44. The number of aryl methyl sites for hydroxylation is 2. The van der Waals surface area contributed by atoms with E-state index in [0.717, 1.165) is 65.3 Å². The van der Waals surface area contributed by atoms with Crippen molar-refractivity contribution in [1.29, 1.82) is 0 Å². The van der Waals surface area contributed by atoms with E-state index in [1.54, 1.807) is 6.08 Å². The molecule has 2 aromatic rings. The summed E-state index contributed by atoms with van der Waals surface area (Å²) in [6.45, 7) is 7.84. The fourth-order valence-corrected chi connectivity index (χ4v) is 5.34. The summed E-state index contributed by atoms with van der Waals surface area (Å²) in [4.78, 5) is 21.5. The molecule has 0 bridgehead atoms. The molecule has 1 N–H and O–H groups in total. The maximum atomic E-state index is 12.9. The summed E-state index contributed by atoms with van der Waals surface area (Å²) in [7, 11) is 0.453. The van der Waals surface area contributed by atoms with Gasteiger partial charge in [-0.2, -0.15) is 0 Å². The van der Waals surface area contributed by atoms with Gasteiger partial charge < -0.3 is 19.5 Å². The highest BCUT2D eigenvalue weighted by Gasteiger charge is 2.30. The van der Waals surface area contributed by atoms with E-state index in [1.165, 1.54) is 0 Å². The van der Waals surface area contributed by atoms with Crippen LogP contribution >= 0.6 is 8.58 Å². The Morgan fingerprint density at radius 1 is 1.25 bits per heavy atom. The van der Waals surface area contributed by atoms with E-state index in [9.17, 15) is 4.79 Å². The van der Waals surface area contributed by atoms with E-state index in [0.29, 0.717) is 8.58 Å². The first-order valence-electron chi connectivity index (χ1n) is 9.63. The molecule has 5 heterocycles. The number of furan rings is 1. The van der Waals surface area contributed by atoms with E-state index < -0.39 is 0 Å². The molecule has 3 aliphatic heterocycles. The lowest BCUT2D eigenvalue weighted by atomic mass is 10.2. The molecule has 1 fully saturated rings. The summed E-state index contributed by atoms with van der Waals surface area (Å²) < 4.78 is 6.09. The molecule has 6 nitrogen and oxygen atoms in total. The third-order valence-electron chi connectivity index (χ3n) is 5.39. The number of nitrogens with zero attached hydrogens (tertiary/aromatic N) is 3. The van der Waals surface area contributed by atoms with Crippen LogP contribution in [0.25, 0.3) is 16.3 Å². The number of carbonyl (C=O) groups is 1. The van der Waals surface area contributed by atoms with Crippen LogP contribution in [0.15, 0.2) is 46.7 Å². The number of aromatic nitrogens is 1. The monoisotopic (exact) mass is 394 g/mol. The number of rotatable bonds is 2. The second-order valence-electron chi connectivity index (χ2n) is 7.42. The molecular formula is C21H23N4O2P. The van der Waals surface area contributed by atoms with E-state index >= 15 is 0 Å². The van der Waals surface area contributed by atoms with Gasteiger partial charge in [0.1, 0.15) is 5.76 Å². The van der Waals surface area contributed by atoms with Gasteiger partial charge in [0.15, 0.2) is 5.58 Å². The van der Waals surface area contributed by atoms with Gasteiger partial charge in [-0.3, -0.25) is 9.78 Å². The first-order chi connectivity index (χ1) is 13.6. The van der Waals surface area contributed by atoms with Gasteiger partial charge in [0, 0.05) is 54.8 Å². The lowest BCUT2D eigenvalue weighted by Crippen LogP contribution is -2.44. The third-order valence-corrected chi connectivity index (χ3v) is 6.86. The van der Waals surface area contributed by atoms with Gasteiger partial charge in [-0.05, 0) is 32.1 Å². The molecule has 0 spiro atoms. The van der Waals surface area contributed by atoms with E-state index in [-0.39, 0.29) is 11.7 Å². The van der Waals surface area contributed by atoms with Crippen LogP contribution in [-0.2, 0) is 4.79 Å². The molecule has 0 aromatic carbocycles. The number of carbonyl (C=O) groups excluding carboxylic acids is 1. The number of hydrogen-bond acceptors (Lipinski definition) is 5. The SMILES string of the molecule is Cc1cc2cc(C3=CC(=O)N4C=C(N5CCNCC5)C=CC4P3)oc2c(C)n1. The van der Waals surface area contributed by atoms with Gasteiger partial charge in [0.2, 0.25) is 0 Å². The van der Waals surface area contributed by atoms with Crippen molar-refractivity contribution in [2.75, 3.05) is 26.2 Å². The predicted molar refractivity (Wildman–Crippen MR) is 112 cm³/mol. The molecule has 7 heteroatoms. The summed E-state index contributed by atoms with van der Waals surface area (Å²) in [5, 5.41) is 5.38. The van der Waals surface area contributed by atoms with Crippen molar-refractivity contribution in [3.05, 3.63) is 59.4 Å². The second-order valence-corrected chi connectivity index (χ2v) is 8.84. The van der Waals surface area contributed by atoms with Crippen LogP contribution in [0.2, 0.25) is 0 Å². The fourth-order valence-electron chi connectivity index (χ4n) is 4.02. The number of hydrogen-bond donors (Lipinski definition) is 1. The topological polar surface area (TPSA) is 61.6 Å². The Morgan fingerprint density at radius 2 is 2.07 bits per heavy atom. The molecule has 1 saturated heterocycles. The van der Waals surface area contributed by atoms with Crippen LogP contribution in [-0.4, -0.2) is 52.7 Å². The largest absolute Gasteiger partial charge is 0.454 e. The molecule has 0 radical (unpaired) electrons. The van der Waals surface area contributed by atoms with Gasteiger partial charge in [0.05, 0.1) is 17.2 Å². The summed E-state index contributed by atoms with van der Waals surface area (Å²) in [6.07, 6.45) is 8.05. The standard InChI is InChI=1S/C21H23N4O2P/c1-13-9-15-10-17(27-21(15)14(2)23-13)18-11-19(26)25-12-16(3-4-20(25)28-18)24-7-5-22-6-8-24/h3-4,9-12,20,22,28H,5-8H2,1-2H3. The number of nitrogens with one attached hydrogen (secondary N) is 1. The highest BCUT2D eigenvalue weighted by Crippen LogP contribution is 2.46. The molecule has 2 atom stereocenters. The van der Waals surface area contributed by atoms with E-state index in [2.05, 4.69) is 27.4 Å². The zero-order chi connectivity index (χ0) is 19.3. The van der Waals surface area contributed by atoms with Gasteiger partial charge in [0.25, 0.3) is 5.91 Å². The minimum absolute atomic E-state index is 0.0159. The molecule has 144 valence electrons. The first kappa shape index (κ1) is 17.7. The Morgan fingerprint density at radius 3 is 2.89 bits per heavy atom. The van der Waals surface area contributed by atoms with Crippen LogP contribution in [0.3, 0.4) is 0 Å². The summed E-state index contributed by atoms with van der Waals surface area (Å²) in [6, 6.07) is 4.06. The number of amides is 1. The van der Waals surface area contributed by atoms with E-state index in [4.69, 9.17) is 4.42 Å². The molecule has 2 aromatic heterocycles. The van der Waals surface area contributed by atoms with Gasteiger partial charge in [-0.15, -0.1) is 0 Å². The highest BCUT2D eigenvalue weighted by atomic mass is 31.1. The van der Waals surface area contributed by atoms with Crippen LogP contribution < -0.4 is 5.32 Å². The maximum Gasteiger partial charge on any atom is 0.252 e. The molecular weight excluding hydrogens is 371 g/mol. The zero-order valence-electron chi connectivity index (χ0n) is 16.0. The van der Waals surface area contributed by atoms with Crippen LogP contribution in [0, 0.1) is 13.8 Å². The average Bonchev–Trinajstić information content (AvgIpc) is 3.13. The van der Waals surface area contributed by atoms with Crippen molar-refractivity contribution in [3.63, 3.8) is 0 Å². The molecule has 0 saturated carbocycles. The second kappa shape index (κ2) is 6.87. The van der Waals surface area contributed by atoms with Crippen molar-refractivity contribution >= 4 is 30.8 Å². The Kier molecular flexibility index (Phi) is 4.33. The lowest BCUT2D eigenvalue weighted by Gasteiger charge is -2.37. The minimum Gasteiger partial charge on any atom is -0.454 e. The quantitative estimate of drug-likeness (QED) is 0.794. The summed E-state index contributed by atoms with van der Waals surface area (Å²) >= 11 is 0. The van der Waals surface area contributed by atoms with Crippen molar-refractivity contribution < 1.29 is 9.21 Å². The van der Waals surface area contributed by atoms with Crippen molar-refractivity contribution in [1.82, 2.24) is 20.1 Å². The fraction of sp³-hybridized carbons (Fsp3) is 0.333. The van der Waals surface area contributed by atoms with Crippen LogP contribution in [0.4, 0.5) is 0 Å². The number of allylic oxidation sites excluding steroid dienone is 1. The molecule has 0 aliphatic carbocycles. The summed E-state index contributed by atoms with van der Waals surface area (Å²) in [5.41, 5.74) is 3.78. The average molecular weight is 394 g/mol. The van der Waals surface area contributed by atoms with Crippen molar-refractivity contribution in [2.45, 2.75) is 19.6 Å². The Labute approximate surface area is 165 Å². The van der Waals surface area contributed by atoms with Crippen LogP contribution in [0.5, 0.6) is 0 Å². The van der Waals surface area contributed by atoms with Crippen LogP contribution in [0.1, 0.15) is 17.1 Å². The Bertz CT molecular complexity index is 1050. The highest BCUT2D eigenvalue weighted by molar-refractivity contribution is 7.51. The van der Waals surface area contributed by atoms with Gasteiger partial charge in [-0.1, -0.05) is 14.7 Å².